The minimum absolute atomic E-state index is 0.267. The molecule has 1 atom stereocenters. The van der Waals surface area contributed by atoms with Crippen LogP contribution >= 0.6 is 0 Å². The fourth-order valence-corrected chi connectivity index (χ4v) is 3.73. The first-order valence-corrected chi connectivity index (χ1v) is 11.6. The molecule has 190 valence electrons. The van der Waals surface area contributed by atoms with Gasteiger partial charge in [0.1, 0.15) is 23.3 Å². The Balaban J connectivity index is 1.50. The van der Waals surface area contributed by atoms with Crippen LogP contribution in [0, 0.1) is 12.7 Å². The van der Waals surface area contributed by atoms with Crippen LogP contribution in [0.15, 0.2) is 71.4 Å². The number of rotatable bonds is 7. The maximum Gasteiger partial charge on any atom is 0.412 e. The Bertz CT molecular complexity index is 1430. The third-order valence-corrected chi connectivity index (χ3v) is 6.19. The van der Waals surface area contributed by atoms with Crippen molar-refractivity contribution in [2.24, 2.45) is 0 Å². The van der Waals surface area contributed by atoms with E-state index >= 15 is 0 Å². The van der Waals surface area contributed by atoms with Crippen molar-refractivity contribution in [2.75, 3.05) is 5.32 Å². The van der Waals surface area contributed by atoms with E-state index in [0.29, 0.717) is 34.0 Å². The molecular weight excluding hydrogens is 477 g/mol. The van der Waals surface area contributed by atoms with Crippen molar-refractivity contribution in [3.05, 3.63) is 89.6 Å². The first kappa shape index (κ1) is 25.6. The predicted molar refractivity (Wildman–Crippen MR) is 135 cm³/mol. The summed E-state index contributed by atoms with van der Waals surface area (Å²) >= 11 is 0. The highest BCUT2D eigenvalue weighted by Crippen LogP contribution is 2.32. The molecule has 0 saturated heterocycles. The van der Waals surface area contributed by atoms with Crippen LogP contribution in [0.2, 0.25) is 0 Å². The number of carboxylic acid groups (broad SMARTS) is 1. The van der Waals surface area contributed by atoms with Gasteiger partial charge in [-0.3, -0.25) is 15.1 Å². The molecule has 0 aliphatic heterocycles. The molecular formula is C28H26FN3O5. The number of nitrogens with one attached hydrogen (secondary N) is 1. The lowest BCUT2D eigenvalue weighted by molar-refractivity contribution is -0.142. The van der Waals surface area contributed by atoms with Gasteiger partial charge in [0.2, 0.25) is 0 Å². The number of aryl methyl sites for hydroxylation is 1. The van der Waals surface area contributed by atoms with Crippen LogP contribution in [0.3, 0.4) is 0 Å². The minimum atomic E-state index is -1.04. The number of anilines is 1. The van der Waals surface area contributed by atoms with Gasteiger partial charge < -0.3 is 14.4 Å². The average molecular weight is 504 g/mol. The number of halogens is 1. The molecule has 0 saturated carbocycles. The number of nitrogens with zero attached hydrogens (tertiary/aromatic N) is 2. The van der Waals surface area contributed by atoms with E-state index in [9.17, 15) is 19.1 Å². The fourth-order valence-electron chi connectivity index (χ4n) is 3.73. The highest BCUT2D eigenvalue weighted by atomic mass is 19.1. The van der Waals surface area contributed by atoms with Crippen molar-refractivity contribution in [3.63, 3.8) is 0 Å². The molecule has 9 heteroatoms. The Kier molecular flexibility index (Phi) is 7.06. The van der Waals surface area contributed by atoms with E-state index in [0.717, 1.165) is 5.56 Å². The summed E-state index contributed by atoms with van der Waals surface area (Å²) in [6.07, 6.45) is -0.00791. The summed E-state index contributed by atoms with van der Waals surface area (Å²) < 4.78 is 24.7. The van der Waals surface area contributed by atoms with Crippen LogP contribution in [-0.2, 0) is 14.9 Å². The molecule has 0 radical (unpaired) electrons. The summed E-state index contributed by atoms with van der Waals surface area (Å²) in [5.41, 5.74) is 2.75. The van der Waals surface area contributed by atoms with Gasteiger partial charge in [-0.15, -0.1) is 0 Å². The van der Waals surface area contributed by atoms with Crippen LogP contribution in [0.25, 0.3) is 22.5 Å². The number of benzene rings is 2. The topological polar surface area (TPSA) is 115 Å². The zero-order valence-corrected chi connectivity index (χ0v) is 20.8. The van der Waals surface area contributed by atoms with E-state index in [1.54, 1.807) is 64.2 Å². The lowest BCUT2D eigenvalue weighted by Gasteiger charge is -2.19. The average Bonchev–Trinajstić information content (AvgIpc) is 3.24. The van der Waals surface area contributed by atoms with E-state index < -0.39 is 29.4 Å². The van der Waals surface area contributed by atoms with Crippen molar-refractivity contribution >= 4 is 17.7 Å². The largest absolute Gasteiger partial charge is 0.481 e. The number of carbonyl (C=O) groups excluding carboxylic acids is 1. The molecule has 4 aromatic rings. The Morgan fingerprint density at radius 1 is 1.05 bits per heavy atom. The van der Waals surface area contributed by atoms with Gasteiger partial charge in [-0.25, -0.2) is 9.18 Å². The van der Waals surface area contributed by atoms with E-state index in [1.807, 2.05) is 24.3 Å². The molecule has 1 amide bonds. The summed E-state index contributed by atoms with van der Waals surface area (Å²) in [6, 6.07) is 16.9. The highest BCUT2D eigenvalue weighted by Gasteiger charge is 2.29. The number of carbonyl (C=O) groups is 2. The summed E-state index contributed by atoms with van der Waals surface area (Å²) in [5.74, 6) is -1.00. The van der Waals surface area contributed by atoms with Crippen molar-refractivity contribution in [1.29, 1.82) is 0 Å². The number of amides is 1. The van der Waals surface area contributed by atoms with Gasteiger partial charge in [-0.2, -0.15) is 0 Å². The molecule has 2 aromatic heterocycles. The van der Waals surface area contributed by atoms with Gasteiger partial charge in [-0.1, -0.05) is 53.7 Å². The molecule has 0 aliphatic rings. The Labute approximate surface area is 213 Å². The van der Waals surface area contributed by atoms with Crippen LogP contribution in [0.5, 0.6) is 0 Å². The first-order valence-electron chi connectivity index (χ1n) is 11.6. The molecule has 4 rings (SSSR count). The second-order valence-electron chi connectivity index (χ2n) is 9.10. The number of hydrogen-bond donors (Lipinski definition) is 2. The SMILES string of the molecule is Cc1onc(-c2ccc(-c3ccc(C(C)(C)C(=O)O)cn3)cc2)c1NC(=O)OC(C)c1ccccc1F. The van der Waals surface area contributed by atoms with Gasteiger partial charge in [0.15, 0.2) is 5.76 Å². The maximum atomic E-state index is 14.0. The Hall–Kier alpha value is -4.53. The maximum absolute atomic E-state index is 14.0. The van der Waals surface area contributed by atoms with Crippen LogP contribution in [0.1, 0.15) is 43.8 Å². The Morgan fingerprint density at radius 3 is 2.35 bits per heavy atom. The lowest BCUT2D eigenvalue weighted by Crippen LogP contribution is -2.28. The lowest BCUT2D eigenvalue weighted by atomic mass is 9.86. The van der Waals surface area contributed by atoms with Crippen molar-refractivity contribution in [2.45, 2.75) is 39.2 Å². The number of hydrogen-bond acceptors (Lipinski definition) is 6. The molecule has 0 aliphatic carbocycles. The second kappa shape index (κ2) is 10.2. The van der Waals surface area contributed by atoms with E-state index in [1.165, 1.54) is 6.07 Å². The van der Waals surface area contributed by atoms with Crippen molar-refractivity contribution < 1.29 is 28.3 Å². The third kappa shape index (κ3) is 5.35. The zero-order valence-electron chi connectivity index (χ0n) is 20.8. The predicted octanol–water partition coefficient (Wildman–Crippen LogP) is 6.52. The monoisotopic (exact) mass is 503 g/mol. The molecule has 0 fully saturated rings. The first-order chi connectivity index (χ1) is 17.6. The van der Waals surface area contributed by atoms with E-state index in [4.69, 9.17) is 9.26 Å². The van der Waals surface area contributed by atoms with E-state index in [2.05, 4.69) is 15.5 Å². The van der Waals surface area contributed by atoms with Crippen LogP contribution < -0.4 is 5.32 Å². The molecule has 0 spiro atoms. The van der Waals surface area contributed by atoms with Gasteiger partial charge in [0, 0.05) is 22.9 Å². The Morgan fingerprint density at radius 2 is 1.73 bits per heavy atom. The fraction of sp³-hybridized carbons (Fsp3) is 0.214. The second-order valence-corrected chi connectivity index (χ2v) is 9.10. The van der Waals surface area contributed by atoms with Gasteiger partial charge in [-0.05, 0) is 45.4 Å². The van der Waals surface area contributed by atoms with E-state index in [-0.39, 0.29) is 5.56 Å². The number of carboxylic acids is 1. The van der Waals surface area contributed by atoms with Crippen molar-refractivity contribution in [1.82, 2.24) is 10.1 Å². The molecule has 2 heterocycles. The summed E-state index contributed by atoms with van der Waals surface area (Å²) in [7, 11) is 0. The number of aromatic nitrogens is 2. The highest BCUT2D eigenvalue weighted by molar-refractivity contribution is 5.91. The summed E-state index contributed by atoms with van der Waals surface area (Å²) in [4.78, 5) is 28.5. The zero-order chi connectivity index (χ0) is 26.7. The van der Waals surface area contributed by atoms with Crippen LogP contribution in [0.4, 0.5) is 14.9 Å². The van der Waals surface area contributed by atoms with Crippen LogP contribution in [-0.4, -0.2) is 27.3 Å². The molecule has 2 aromatic carbocycles. The quantitative estimate of drug-likeness (QED) is 0.295. The number of pyridine rings is 1. The van der Waals surface area contributed by atoms with Gasteiger partial charge in [0.25, 0.3) is 0 Å². The summed E-state index contributed by atoms with van der Waals surface area (Å²) in [5, 5.41) is 16.1. The molecule has 2 N–H and O–H groups in total. The normalized spacial score (nSPS) is 12.1. The summed E-state index contributed by atoms with van der Waals surface area (Å²) in [6.45, 7) is 6.50. The molecule has 37 heavy (non-hydrogen) atoms. The number of aliphatic carboxylic acids is 1. The molecule has 0 bridgehead atoms. The smallest absolute Gasteiger partial charge is 0.412 e. The van der Waals surface area contributed by atoms with Crippen molar-refractivity contribution in [3.8, 4) is 22.5 Å². The van der Waals surface area contributed by atoms with Gasteiger partial charge in [0.05, 0.1) is 11.1 Å². The molecule has 8 nitrogen and oxygen atoms in total. The third-order valence-electron chi connectivity index (χ3n) is 6.19. The van der Waals surface area contributed by atoms with Gasteiger partial charge >= 0.3 is 12.1 Å². The minimum Gasteiger partial charge on any atom is -0.481 e. The number of ether oxygens (including phenoxy) is 1. The standard InChI is InChI=1S/C28H26FN3O5/c1-16(21-7-5-6-8-22(21)29)36-27(35)31-24-17(2)37-32-25(24)19-11-9-18(10-12-19)23-14-13-20(15-30-23)28(3,4)26(33)34/h5-16H,1-4H3,(H,31,35)(H,33,34). The molecule has 1 unspecified atom stereocenters.